The van der Waals surface area contributed by atoms with Gasteiger partial charge in [-0.3, -0.25) is 9.69 Å². The third kappa shape index (κ3) is 1.92. The summed E-state index contributed by atoms with van der Waals surface area (Å²) >= 11 is 3.56. The van der Waals surface area contributed by atoms with Crippen LogP contribution < -0.4 is 9.62 Å². The number of benzene rings is 2. The summed E-state index contributed by atoms with van der Waals surface area (Å²) in [4.78, 5) is 14.7. The molecule has 1 N–H and O–H groups in total. The average Bonchev–Trinajstić information content (AvgIpc) is 2.83. The van der Waals surface area contributed by atoms with Crippen molar-refractivity contribution in [2.45, 2.75) is 23.8 Å². The second kappa shape index (κ2) is 5.11. The van der Waals surface area contributed by atoms with Gasteiger partial charge in [0.05, 0.1) is 24.4 Å². The summed E-state index contributed by atoms with van der Waals surface area (Å²) < 4.78 is 22.2. The quantitative estimate of drug-likeness (QED) is 0.791. The van der Waals surface area contributed by atoms with Gasteiger partial charge in [0, 0.05) is 15.4 Å². The van der Waals surface area contributed by atoms with Gasteiger partial charge in [-0.25, -0.2) is 8.93 Å². The Hall–Kier alpha value is -1.28. The van der Waals surface area contributed by atoms with Crippen LogP contribution in [0.3, 0.4) is 0 Å². The van der Waals surface area contributed by atoms with Crippen LogP contribution in [0.2, 0.25) is 0 Å². The van der Waals surface area contributed by atoms with E-state index in [9.17, 15) is 9.00 Å². The van der Waals surface area contributed by atoms with Crippen LogP contribution in [-0.2, 0) is 15.7 Å². The number of carbonyl (C=O) groups excluding carboxylic acids is 1. The zero-order valence-corrected chi connectivity index (χ0v) is 15.2. The van der Waals surface area contributed by atoms with E-state index < -0.39 is 11.0 Å². The Balaban J connectivity index is 1.58. The molecule has 0 saturated carbocycles. The third-order valence-electron chi connectivity index (χ3n) is 5.15. The number of hydrogen-bond acceptors (Lipinski definition) is 3. The molecule has 0 radical (unpaired) electrons. The van der Waals surface area contributed by atoms with Crippen LogP contribution in [0, 0.1) is 0 Å². The highest BCUT2D eigenvalue weighted by atomic mass is 79.9. The minimum absolute atomic E-state index is 0.0605. The van der Waals surface area contributed by atoms with Crippen molar-refractivity contribution in [3.05, 3.63) is 40.4 Å². The molecule has 0 aliphatic carbocycles. The van der Waals surface area contributed by atoms with E-state index >= 15 is 0 Å². The molecule has 5 nitrogen and oxygen atoms in total. The topological polar surface area (TPSA) is 58.6 Å². The number of amides is 1. The molecule has 0 aromatic heterocycles. The summed E-state index contributed by atoms with van der Waals surface area (Å²) in [5.74, 6) is -0.0605. The van der Waals surface area contributed by atoms with Gasteiger partial charge >= 0.3 is 0 Å². The Kier molecular flexibility index (Phi) is 3.20. The molecule has 124 valence electrons. The molecule has 1 spiro atoms. The second-order valence-corrected chi connectivity index (χ2v) is 8.83. The van der Waals surface area contributed by atoms with Crippen LogP contribution >= 0.6 is 15.9 Å². The average molecular weight is 407 g/mol. The summed E-state index contributed by atoms with van der Waals surface area (Å²) in [5, 5.41) is 1.61. The summed E-state index contributed by atoms with van der Waals surface area (Å²) in [6, 6.07) is 9.63. The highest BCUT2D eigenvalue weighted by Crippen LogP contribution is 2.43. The summed E-state index contributed by atoms with van der Waals surface area (Å²) in [6.45, 7) is 1.20. The smallest absolute Gasteiger partial charge is 0.260 e. The SMILES string of the molecule is O=C1c2ccc(Br)c3cccc(c23)N1C1CCC2(COC2)NS1=O. The lowest BCUT2D eigenvalue weighted by Crippen LogP contribution is -2.66. The predicted octanol–water partition coefficient (Wildman–Crippen LogP) is 2.70. The molecule has 2 fully saturated rings. The maximum Gasteiger partial charge on any atom is 0.260 e. The molecular weight excluding hydrogens is 392 g/mol. The van der Waals surface area contributed by atoms with Crippen molar-refractivity contribution in [3.8, 4) is 0 Å². The molecule has 3 aliphatic heterocycles. The van der Waals surface area contributed by atoms with Crippen molar-refractivity contribution < 1.29 is 13.7 Å². The first-order valence-electron chi connectivity index (χ1n) is 7.91. The van der Waals surface area contributed by atoms with Crippen molar-refractivity contribution in [1.29, 1.82) is 0 Å². The van der Waals surface area contributed by atoms with E-state index in [1.165, 1.54) is 0 Å². The highest BCUT2D eigenvalue weighted by molar-refractivity contribution is 9.10. The van der Waals surface area contributed by atoms with Gasteiger partial charge in [0.2, 0.25) is 0 Å². The molecule has 0 bridgehead atoms. The fourth-order valence-corrected chi connectivity index (χ4v) is 5.85. The number of ether oxygens (including phenoxy) is 1. The molecule has 2 unspecified atom stereocenters. The van der Waals surface area contributed by atoms with Crippen LogP contribution in [-0.4, -0.2) is 34.2 Å². The lowest BCUT2D eigenvalue weighted by molar-refractivity contribution is -0.0691. The molecule has 2 aromatic carbocycles. The van der Waals surface area contributed by atoms with Gasteiger partial charge in [-0.05, 0) is 36.4 Å². The monoisotopic (exact) mass is 406 g/mol. The lowest BCUT2D eigenvalue weighted by atomic mass is 9.92. The number of hydrogen-bond donors (Lipinski definition) is 1. The van der Waals surface area contributed by atoms with E-state index in [0.29, 0.717) is 25.2 Å². The highest BCUT2D eigenvalue weighted by Gasteiger charge is 2.48. The molecule has 2 atom stereocenters. The Labute approximate surface area is 150 Å². The summed E-state index contributed by atoms with van der Waals surface area (Å²) in [5.41, 5.74) is 1.38. The van der Waals surface area contributed by atoms with E-state index in [4.69, 9.17) is 4.74 Å². The first-order valence-corrected chi connectivity index (χ1v) is 9.91. The minimum Gasteiger partial charge on any atom is -0.377 e. The zero-order chi connectivity index (χ0) is 16.5. The van der Waals surface area contributed by atoms with Crippen LogP contribution in [0.1, 0.15) is 23.2 Å². The Morgan fingerprint density at radius 1 is 1.29 bits per heavy atom. The normalized spacial score (nSPS) is 27.7. The summed E-state index contributed by atoms with van der Waals surface area (Å²) in [7, 11) is -1.31. The number of nitrogens with one attached hydrogen (secondary N) is 1. The van der Waals surface area contributed by atoms with E-state index in [0.717, 1.165) is 27.4 Å². The van der Waals surface area contributed by atoms with Gasteiger partial charge in [-0.1, -0.05) is 28.1 Å². The van der Waals surface area contributed by atoms with Gasteiger partial charge < -0.3 is 4.74 Å². The molecule has 3 heterocycles. The molecule has 2 aromatic rings. The molecule has 5 rings (SSSR count). The first kappa shape index (κ1) is 15.0. The van der Waals surface area contributed by atoms with E-state index in [2.05, 4.69) is 20.7 Å². The fraction of sp³-hybridized carbons (Fsp3) is 0.353. The lowest BCUT2D eigenvalue weighted by Gasteiger charge is -2.47. The Bertz CT molecular complexity index is 912. The van der Waals surface area contributed by atoms with Gasteiger partial charge in [0.15, 0.2) is 0 Å². The van der Waals surface area contributed by atoms with Gasteiger partial charge in [0.25, 0.3) is 5.91 Å². The number of rotatable bonds is 1. The number of halogens is 1. The van der Waals surface area contributed by atoms with E-state index in [1.54, 1.807) is 4.90 Å². The number of carbonyl (C=O) groups is 1. The van der Waals surface area contributed by atoms with Crippen molar-refractivity contribution in [2.75, 3.05) is 18.1 Å². The second-order valence-electron chi connectivity index (χ2n) is 6.64. The molecular formula is C17H15BrN2O3S. The van der Waals surface area contributed by atoms with Crippen LogP contribution in [0.15, 0.2) is 34.8 Å². The molecule has 3 aliphatic rings. The molecule has 2 saturated heterocycles. The molecule has 7 heteroatoms. The first-order chi connectivity index (χ1) is 11.6. The third-order valence-corrected chi connectivity index (χ3v) is 7.42. The maximum absolute atomic E-state index is 13.0. The Morgan fingerprint density at radius 3 is 2.83 bits per heavy atom. The van der Waals surface area contributed by atoms with Crippen LogP contribution in [0.5, 0.6) is 0 Å². The van der Waals surface area contributed by atoms with Gasteiger partial charge in [0.1, 0.15) is 16.4 Å². The minimum atomic E-state index is -1.31. The van der Waals surface area contributed by atoms with Crippen molar-refractivity contribution in [2.24, 2.45) is 0 Å². The van der Waals surface area contributed by atoms with Gasteiger partial charge in [-0.15, -0.1) is 0 Å². The number of anilines is 1. The maximum atomic E-state index is 13.0. The van der Waals surface area contributed by atoms with Crippen molar-refractivity contribution >= 4 is 49.3 Å². The largest absolute Gasteiger partial charge is 0.377 e. The van der Waals surface area contributed by atoms with Crippen molar-refractivity contribution in [3.63, 3.8) is 0 Å². The predicted molar refractivity (Wildman–Crippen MR) is 96.3 cm³/mol. The van der Waals surface area contributed by atoms with Crippen molar-refractivity contribution in [1.82, 2.24) is 4.72 Å². The van der Waals surface area contributed by atoms with Crippen LogP contribution in [0.25, 0.3) is 10.8 Å². The van der Waals surface area contributed by atoms with Crippen LogP contribution in [0.4, 0.5) is 5.69 Å². The van der Waals surface area contributed by atoms with E-state index in [-0.39, 0.29) is 16.8 Å². The van der Waals surface area contributed by atoms with Gasteiger partial charge in [-0.2, -0.15) is 0 Å². The Morgan fingerprint density at radius 2 is 2.12 bits per heavy atom. The standard InChI is InChI=1S/C17H15BrN2O3S/c18-12-5-4-11-15-10(12)2-1-3-13(15)20(16(11)21)14-6-7-17(8-23-9-17)19-24(14)22/h1-5,14,19H,6-9H2. The number of nitrogens with zero attached hydrogens (tertiary/aromatic N) is 1. The summed E-state index contributed by atoms with van der Waals surface area (Å²) in [6.07, 6.45) is 1.57. The molecule has 24 heavy (non-hydrogen) atoms. The molecule has 1 amide bonds. The zero-order valence-electron chi connectivity index (χ0n) is 12.8. The fourth-order valence-electron chi connectivity index (χ4n) is 3.87. The van der Waals surface area contributed by atoms with E-state index in [1.807, 2.05) is 30.3 Å².